The largest absolute Gasteiger partial charge is 0.344 e. The molecule has 0 unspecified atom stereocenters. The zero-order valence-electron chi connectivity index (χ0n) is 16.0. The summed E-state index contributed by atoms with van der Waals surface area (Å²) in [6.07, 6.45) is 1.75. The molecule has 0 bridgehead atoms. The molecule has 9 nitrogen and oxygen atoms in total. The molecule has 0 radical (unpaired) electrons. The van der Waals surface area contributed by atoms with Crippen LogP contribution >= 0.6 is 0 Å². The van der Waals surface area contributed by atoms with E-state index in [2.05, 4.69) is 31.0 Å². The van der Waals surface area contributed by atoms with E-state index in [9.17, 15) is 4.79 Å². The van der Waals surface area contributed by atoms with E-state index >= 15 is 0 Å². The molecule has 2 aromatic carbocycles. The first kappa shape index (κ1) is 18.5. The van der Waals surface area contributed by atoms with Crippen molar-refractivity contribution in [2.75, 3.05) is 0 Å². The minimum absolute atomic E-state index is 0.136. The SMILES string of the molecule is Cc1ccc(-c2noc([C@H](C)NC(=O)Cc3ccc(-n4cnnn4)cc3)n2)cc1. The zero-order valence-corrected chi connectivity index (χ0v) is 16.0. The van der Waals surface area contributed by atoms with Crippen molar-refractivity contribution in [1.29, 1.82) is 0 Å². The van der Waals surface area contributed by atoms with Crippen molar-refractivity contribution < 1.29 is 9.32 Å². The predicted molar refractivity (Wildman–Crippen MR) is 104 cm³/mol. The van der Waals surface area contributed by atoms with Crippen LogP contribution in [-0.4, -0.2) is 36.3 Å². The van der Waals surface area contributed by atoms with Gasteiger partial charge in [0.2, 0.25) is 17.6 Å². The number of rotatable bonds is 6. The van der Waals surface area contributed by atoms with Crippen LogP contribution < -0.4 is 5.32 Å². The summed E-state index contributed by atoms with van der Waals surface area (Å²) >= 11 is 0. The molecule has 4 rings (SSSR count). The molecule has 1 atom stereocenters. The number of benzene rings is 2. The number of nitrogens with zero attached hydrogens (tertiary/aromatic N) is 6. The van der Waals surface area contributed by atoms with Crippen LogP contribution in [-0.2, 0) is 11.2 Å². The van der Waals surface area contributed by atoms with Gasteiger partial charge in [0, 0.05) is 5.56 Å². The summed E-state index contributed by atoms with van der Waals surface area (Å²) in [5.74, 6) is 0.727. The molecule has 0 fully saturated rings. The number of carbonyl (C=O) groups excluding carboxylic acids is 1. The van der Waals surface area contributed by atoms with Crippen LogP contribution in [0.15, 0.2) is 59.4 Å². The second kappa shape index (κ2) is 8.01. The highest BCUT2D eigenvalue weighted by atomic mass is 16.5. The lowest BCUT2D eigenvalue weighted by molar-refractivity contribution is -0.121. The fourth-order valence-electron chi connectivity index (χ4n) is 2.82. The summed E-state index contributed by atoms with van der Waals surface area (Å²) in [6, 6.07) is 14.9. The van der Waals surface area contributed by atoms with Crippen LogP contribution in [0.25, 0.3) is 17.1 Å². The number of nitrogens with one attached hydrogen (secondary N) is 1. The highest BCUT2D eigenvalue weighted by Crippen LogP contribution is 2.19. The highest BCUT2D eigenvalue weighted by Gasteiger charge is 2.17. The molecule has 4 aromatic rings. The predicted octanol–water partition coefficient (Wildman–Crippen LogP) is 2.44. The molecule has 0 aliphatic carbocycles. The highest BCUT2D eigenvalue weighted by molar-refractivity contribution is 5.79. The summed E-state index contributed by atoms with van der Waals surface area (Å²) in [6.45, 7) is 3.83. The fraction of sp³-hybridized carbons (Fsp3) is 0.200. The number of carbonyl (C=O) groups is 1. The van der Waals surface area contributed by atoms with E-state index in [1.165, 1.54) is 6.33 Å². The first-order valence-corrected chi connectivity index (χ1v) is 9.11. The second-order valence-electron chi connectivity index (χ2n) is 6.71. The van der Waals surface area contributed by atoms with Crippen molar-refractivity contribution in [3.63, 3.8) is 0 Å². The fourth-order valence-corrected chi connectivity index (χ4v) is 2.82. The minimum atomic E-state index is -0.394. The van der Waals surface area contributed by atoms with Gasteiger partial charge in [-0.3, -0.25) is 4.79 Å². The smallest absolute Gasteiger partial charge is 0.249 e. The van der Waals surface area contributed by atoms with Crippen LogP contribution in [0.4, 0.5) is 0 Å². The Bertz CT molecular complexity index is 1090. The molecule has 2 aromatic heterocycles. The van der Waals surface area contributed by atoms with Crippen molar-refractivity contribution in [3.05, 3.63) is 71.9 Å². The van der Waals surface area contributed by atoms with Crippen LogP contribution in [0.2, 0.25) is 0 Å². The Labute approximate surface area is 166 Å². The van der Waals surface area contributed by atoms with E-state index in [4.69, 9.17) is 4.52 Å². The third-order valence-corrected chi connectivity index (χ3v) is 4.41. The summed E-state index contributed by atoms with van der Waals surface area (Å²) in [7, 11) is 0. The Balaban J connectivity index is 1.36. The minimum Gasteiger partial charge on any atom is -0.344 e. The number of hydrogen-bond donors (Lipinski definition) is 1. The van der Waals surface area contributed by atoms with Crippen LogP contribution in [0.5, 0.6) is 0 Å². The monoisotopic (exact) mass is 389 g/mol. The molecule has 29 heavy (non-hydrogen) atoms. The van der Waals surface area contributed by atoms with Gasteiger partial charge in [0.1, 0.15) is 12.4 Å². The van der Waals surface area contributed by atoms with Crippen molar-refractivity contribution in [1.82, 2.24) is 35.7 Å². The molecule has 9 heteroatoms. The molecule has 0 aliphatic heterocycles. The standard InChI is InChI=1S/C20H19N7O2/c1-13-3-7-16(8-4-13)19-23-20(29-24-19)14(2)22-18(28)11-15-5-9-17(10-6-15)27-12-21-25-26-27/h3-10,12,14H,11H2,1-2H3,(H,22,28)/t14-/m0/s1. The van der Waals surface area contributed by atoms with Gasteiger partial charge in [-0.05, 0) is 42.0 Å². The second-order valence-corrected chi connectivity index (χ2v) is 6.71. The summed E-state index contributed by atoms with van der Waals surface area (Å²) in [4.78, 5) is 16.8. The molecule has 0 spiro atoms. The van der Waals surface area contributed by atoms with Crippen LogP contribution in [0, 0.1) is 6.92 Å². The third-order valence-electron chi connectivity index (χ3n) is 4.41. The maximum atomic E-state index is 12.4. The van der Waals surface area contributed by atoms with E-state index in [0.29, 0.717) is 11.7 Å². The summed E-state index contributed by atoms with van der Waals surface area (Å²) in [5, 5.41) is 17.9. The normalized spacial score (nSPS) is 11.9. The van der Waals surface area contributed by atoms with Crippen molar-refractivity contribution >= 4 is 5.91 Å². The molecular weight excluding hydrogens is 370 g/mol. The van der Waals surface area contributed by atoms with Gasteiger partial charge in [-0.25, -0.2) is 4.68 Å². The first-order valence-electron chi connectivity index (χ1n) is 9.11. The maximum Gasteiger partial charge on any atom is 0.249 e. The van der Waals surface area contributed by atoms with E-state index in [1.807, 2.05) is 62.4 Å². The lowest BCUT2D eigenvalue weighted by Gasteiger charge is -2.10. The van der Waals surface area contributed by atoms with Gasteiger partial charge in [-0.1, -0.05) is 47.1 Å². The van der Waals surface area contributed by atoms with Gasteiger partial charge in [-0.15, -0.1) is 5.10 Å². The average molecular weight is 389 g/mol. The Morgan fingerprint density at radius 3 is 2.59 bits per heavy atom. The number of hydrogen-bond acceptors (Lipinski definition) is 7. The third kappa shape index (κ3) is 4.34. The first-order chi connectivity index (χ1) is 14.1. The Morgan fingerprint density at radius 1 is 1.14 bits per heavy atom. The van der Waals surface area contributed by atoms with Crippen molar-refractivity contribution in [2.24, 2.45) is 0 Å². The van der Waals surface area contributed by atoms with Gasteiger partial charge in [-0.2, -0.15) is 4.98 Å². The lowest BCUT2D eigenvalue weighted by atomic mass is 10.1. The number of amides is 1. The van der Waals surface area contributed by atoms with Crippen molar-refractivity contribution in [2.45, 2.75) is 26.3 Å². The zero-order chi connectivity index (χ0) is 20.2. The lowest BCUT2D eigenvalue weighted by Crippen LogP contribution is -2.28. The number of aromatic nitrogens is 6. The van der Waals surface area contributed by atoms with Gasteiger partial charge >= 0.3 is 0 Å². The Kier molecular flexibility index (Phi) is 5.10. The van der Waals surface area contributed by atoms with E-state index in [0.717, 1.165) is 22.4 Å². The topological polar surface area (TPSA) is 112 Å². The quantitative estimate of drug-likeness (QED) is 0.539. The molecule has 1 N–H and O–H groups in total. The van der Waals surface area contributed by atoms with Crippen molar-refractivity contribution in [3.8, 4) is 17.1 Å². The maximum absolute atomic E-state index is 12.4. The van der Waals surface area contributed by atoms with E-state index < -0.39 is 6.04 Å². The molecule has 0 aliphatic rings. The molecule has 0 saturated carbocycles. The van der Waals surface area contributed by atoms with E-state index in [-0.39, 0.29) is 12.3 Å². The van der Waals surface area contributed by atoms with Gasteiger partial charge < -0.3 is 9.84 Å². The summed E-state index contributed by atoms with van der Waals surface area (Å²) in [5.41, 5.74) is 3.72. The Morgan fingerprint density at radius 2 is 1.90 bits per heavy atom. The number of tetrazole rings is 1. The molecule has 2 heterocycles. The molecular formula is C20H19N7O2. The average Bonchev–Trinajstić information content (AvgIpc) is 3.41. The molecule has 146 valence electrons. The van der Waals surface area contributed by atoms with Gasteiger partial charge in [0.05, 0.1) is 12.1 Å². The van der Waals surface area contributed by atoms with Gasteiger partial charge in [0.15, 0.2) is 0 Å². The summed E-state index contributed by atoms with van der Waals surface area (Å²) < 4.78 is 6.87. The Hall–Kier alpha value is -3.88. The number of aryl methyl sites for hydroxylation is 1. The van der Waals surface area contributed by atoms with E-state index in [1.54, 1.807) is 4.68 Å². The molecule has 1 amide bonds. The van der Waals surface area contributed by atoms with Crippen LogP contribution in [0.3, 0.4) is 0 Å². The van der Waals surface area contributed by atoms with Crippen LogP contribution in [0.1, 0.15) is 30.0 Å². The van der Waals surface area contributed by atoms with Gasteiger partial charge in [0.25, 0.3) is 0 Å². The molecule has 0 saturated heterocycles.